The molecule has 1 unspecified atom stereocenters. The van der Waals surface area contributed by atoms with Crippen LogP contribution in [0.15, 0.2) is 47.3 Å². The van der Waals surface area contributed by atoms with Crippen molar-refractivity contribution >= 4 is 34.3 Å². The van der Waals surface area contributed by atoms with Gasteiger partial charge in [0.1, 0.15) is 29.0 Å². The zero-order chi connectivity index (χ0) is 27.1. The Hall–Kier alpha value is -4.74. The van der Waals surface area contributed by atoms with Crippen LogP contribution in [0.5, 0.6) is 0 Å². The van der Waals surface area contributed by atoms with Gasteiger partial charge in [-0.05, 0) is 43.7 Å². The summed E-state index contributed by atoms with van der Waals surface area (Å²) in [7, 11) is 0. The number of piperidine rings is 1. The number of imide groups is 1. The number of para-hydroxylation sites is 1. The maximum absolute atomic E-state index is 13.8. The molecule has 0 saturated carbocycles. The Morgan fingerprint density at radius 3 is 2.61 bits per heavy atom. The molecule has 5 rings (SSSR count). The third-order valence-corrected chi connectivity index (χ3v) is 6.28. The minimum Gasteiger partial charge on any atom is -0.317 e. The Morgan fingerprint density at radius 1 is 1.13 bits per heavy atom. The van der Waals surface area contributed by atoms with Gasteiger partial charge in [-0.2, -0.15) is 0 Å². The molecule has 0 bridgehead atoms. The topological polar surface area (TPSA) is 141 Å². The summed E-state index contributed by atoms with van der Waals surface area (Å²) in [5.41, 5.74) is 0.460. The first-order valence-corrected chi connectivity index (χ1v) is 12.0. The number of carbonyl (C=O) groups is 3. The molecule has 0 radical (unpaired) electrons. The van der Waals surface area contributed by atoms with Crippen LogP contribution in [-0.2, 0) is 9.59 Å². The molecular weight excluding hydrogens is 493 g/mol. The van der Waals surface area contributed by atoms with Crippen LogP contribution in [0.3, 0.4) is 0 Å². The van der Waals surface area contributed by atoms with E-state index in [1.54, 1.807) is 37.3 Å². The SMILES string of the molecule is Cc1nc2c(NC(=O)c3nc(C(C)C)n(-c4cccc(F)c4)n3)cccc2c(=O)n1C1CCC(=O)NC1=O. The van der Waals surface area contributed by atoms with Gasteiger partial charge < -0.3 is 5.32 Å². The molecule has 0 aliphatic carbocycles. The number of carbonyl (C=O) groups excluding carboxylic acids is 3. The number of aromatic nitrogens is 5. The Balaban J connectivity index is 1.51. The number of amides is 3. The van der Waals surface area contributed by atoms with Gasteiger partial charge in [-0.3, -0.25) is 29.1 Å². The Morgan fingerprint density at radius 2 is 1.89 bits per heavy atom. The molecule has 2 aromatic carbocycles. The highest BCUT2D eigenvalue weighted by Crippen LogP contribution is 2.24. The van der Waals surface area contributed by atoms with Crippen LogP contribution < -0.4 is 16.2 Å². The Bertz CT molecular complexity index is 1670. The van der Waals surface area contributed by atoms with Crippen molar-refractivity contribution in [1.29, 1.82) is 0 Å². The standard InChI is InChI=1S/C26H24FN7O4/c1-13(2)23-31-22(32-34(23)16-7-4-6-15(27)12-16)25(37)29-18-9-5-8-17-21(18)28-14(3)33(26(17)38)19-10-11-20(35)30-24(19)36/h4-9,12-13,19H,10-11H2,1-3H3,(H,29,37)(H,30,35,36). The van der Waals surface area contributed by atoms with Crippen molar-refractivity contribution in [2.24, 2.45) is 0 Å². The van der Waals surface area contributed by atoms with Crippen molar-refractivity contribution in [3.8, 4) is 5.69 Å². The van der Waals surface area contributed by atoms with Crippen molar-refractivity contribution < 1.29 is 18.8 Å². The number of nitrogens with one attached hydrogen (secondary N) is 2. The van der Waals surface area contributed by atoms with Crippen LogP contribution in [0, 0.1) is 12.7 Å². The second-order valence-electron chi connectivity index (χ2n) is 9.30. The van der Waals surface area contributed by atoms with Gasteiger partial charge in [0.15, 0.2) is 0 Å². The molecule has 2 aromatic heterocycles. The Labute approximate surface area is 215 Å². The second kappa shape index (κ2) is 9.61. The highest BCUT2D eigenvalue weighted by molar-refractivity contribution is 6.06. The van der Waals surface area contributed by atoms with Crippen molar-refractivity contribution in [3.05, 3.63) is 76.1 Å². The number of rotatable bonds is 5. The van der Waals surface area contributed by atoms with E-state index in [2.05, 4.69) is 25.7 Å². The van der Waals surface area contributed by atoms with E-state index in [0.717, 1.165) is 0 Å². The zero-order valence-electron chi connectivity index (χ0n) is 20.9. The van der Waals surface area contributed by atoms with Crippen molar-refractivity contribution in [1.82, 2.24) is 29.6 Å². The molecule has 1 aliphatic heterocycles. The van der Waals surface area contributed by atoms with Crippen LogP contribution in [0.1, 0.15) is 60.9 Å². The van der Waals surface area contributed by atoms with Gasteiger partial charge in [-0.15, -0.1) is 5.10 Å². The lowest BCUT2D eigenvalue weighted by Gasteiger charge is -2.24. The fourth-order valence-electron chi connectivity index (χ4n) is 4.50. The van der Waals surface area contributed by atoms with Gasteiger partial charge in [-0.1, -0.05) is 26.0 Å². The minimum absolute atomic E-state index is 0.111. The van der Waals surface area contributed by atoms with E-state index < -0.39 is 29.2 Å². The molecular formula is C26H24FN7O4. The summed E-state index contributed by atoms with van der Waals surface area (Å²) in [6, 6.07) is 9.69. The first-order valence-electron chi connectivity index (χ1n) is 12.0. The normalized spacial score (nSPS) is 15.7. The highest BCUT2D eigenvalue weighted by Gasteiger charge is 2.31. The highest BCUT2D eigenvalue weighted by atomic mass is 19.1. The maximum Gasteiger partial charge on any atom is 0.295 e. The first kappa shape index (κ1) is 24.9. The van der Waals surface area contributed by atoms with E-state index in [-0.39, 0.29) is 52.9 Å². The van der Waals surface area contributed by atoms with E-state index >= 15 is 0 Å². The molecule has 2 N–H and O–H groups in total. The molecule has 1 atom stereocenters. The number of nitrogens with zero attached hydrogens (tertiary/aromatic N) is 5. The van der Waals surface area contributed by atoms with Gasteiger partial charge in [0.05, 0.1) is 16.8 Å². The molecule has 12 heteroatoms. The van der Waals surface area contributed by atoms with Crippen LogP contribution in [0.4, 0.5) is 10.1 Å². The van der Waals surface area contributed by atoms with E-state index in [1.807, 2.05) is 13.8 Å². The molecule has 1 aliphatic rings. The second-order valence-corrected chi connectivity index (χ2v) is 9.30. The van der Waals surface area contributed by atoms with Crippen LogP contribution in [-0.4, -0.2) is 42.0 Å². The number of benzene rings is 2. The molecule has 3 amide bonds. The molecule has 194 valence electrons. The summed E-state index contributed by atoms with van der Waals surface area (Å²) in [6.45, 7) is 5.35. The minimum atomic E-state index is -0.860. The number of hydrogen-bond acceptors (Lipinski definition) is 7. The molecule has 0 spiro atoms. The van der Waals surface area contributed by atoms with Gasteiger partial charge in [-0.25, -0.2) is 19.0 Å². The lowest BCUT2D eigenvalue weighted by atomic mass is 10.1. The zero-order valence-corrected chi connectivity index (χ0v) is 20.9. The quantitative estimate of drug-likeness (QED) is 0.388. The summed E-state index contributed by atoms with van der Waals surface area (Å²) < 4.78 is 16.5. The molecule has 38 heavy (non-hydrogen) atoms. The van der Waals surface area contributed by atoms with Crippen LogP contribution in [0.2, 0.25) is 0 Å². The number of halogens is 1. The molecule has 11 nitrogen and oxygen atoms in total. The molecule has 4 aromatic rings. The monoisotopic (exact) mass is 517 g/mol. The van der Waals surface area contributed by atoms with Crippen molar-refractivity contribution in [2.45, 2.75) is 45.6 Å². The smallest absolute Gasteiger partial charge is 0.295 e. The lowest BCUT2D eigenvalue weighted by Crippen LogP contribution is -2.45. The fraction of sp³-hybridized carbons (Fsp3) is 0.269. The van der Waals surface area contributed by atoms with E-state index in [9.17, 15) is 23.6 Å². The van der Waals surface area contributed by atoms with Gasteiger partial charge >= 0.3 is 0 Å². The van der Waals surface area contributed by atoms with E-state index in [1.165, 1.54) is 21.4 Å². The molecule has 1 fully saturated rings. The van der Waals surface area contributed by atoms with Gasteiger partial charge in [0.2, 0.25) is 17.6 Å². The van der Waals surface area contributed by atoms with Crippen LogP contribution >= 0.6 is 0 Å². The third kappa shape index (κ3) is 4.44. The largest absolute Gasteiger partial charge is 0.317 e. The average Bonchev–Trinajstić information content (AvgIpc) is 3.32. The fourth-order valence-corrected chi connectivity index (χ4v) is 4.50. The number of hydrogen-bond donors (Lipinski definition) is 2. The average molecular weight is 518 g/mol. The van der Waals surface area contributed by atoms with E-state index in [0.29, 0.717) is 11.5 Å². The molecule has 3 heterocycles. The summed E-state index contributed by atoms with van der Waals surface area (Å²) in [5, 5.41) is 9.49. The number of aryl methyl sites for hydroxylation is 1. The molecule has 1 saturated heterocycles. The summed E-state index contributed by atoms with van der Waals surface area (Å²) in [4.78, 5) is 59.4. The van der Waals surface area contributed by atoms with Crippen LogP contribution in [0.25, 0.3) is 16.6 Å². The van der Waals surface area contributed by atoms with Crippen molar-refractivity contribution in [2.75, 3.05) is 5.32 Å². The summed E-state index contributed by atoms with van der Waals surface area (Å²) >= 11 is 0. The van der Waals surface area contributed by atoms with E-state index in [4.69, 9.17) is 0 Å². The van der Waals surface area contributed by atoms with Gasteiger partial charge in [0, 0.05) is 12.3 Å². The lowest BCUT2D eigenvalue weighted by molar-refractivity contribution is -0.135. The Kier molecular flexibility index (Phi) is 6.31. The third-order valence-electron chi connectivity index (χ3n) is 6.28. The summed E-state index contributed by atoms with van der Waals surface area (Å²) in [5.74, 6) is -1.54. The summed E-state index contributed by atoms with van der Waals surface area (Å²) in [6.07, 6.45) is 0.302. The number of anilines is 1. The van der Waals surface area contributed by atoms with Crippen molar-refractivity contribution in [3.63, 3.8) is 0 Å². The maximum atomic E-state index is 13.8. The number of fused-ring (bicyclic) bond motifs is 1. The van der Waals surface area contributed by atoms with Gasteiger partial charge in [0.25, 0.3) is 11.5 Å². The predicted molar refractivity (Wildman–Crippen MR) is 136 cm³/mol. The first-order chi connectivity index (χ1) is 18.1. The predicted octanol–water partition coefficient (Wildman–Crippen LogP) is 2.78.